The van der Waals surface area contributed by atoms with E-state index in [1.807, 2.05) is 59.2 Å². The predicted molar refractivity (Wildman–Crippen MR) is 97.8 cm³/mol. The average molecular weight is 348 g/mol. The molecule has 5 nitrogen and oxygen atoms in total. The highest BCUT2D eigenvalue weighted by Gasteiger charge is 2.19. The first-order valence-electron chi connectivity index (χ1n) is 7.93. The lowest BCUT2D eigenvalue weighted by Crippen LogP contribution is -2.29. The van der Waals surface area contributed by atoms with Crippen LogP contribution in [0.4, 0.5) is 0 Å². The Morgan fingerprint density at radius 3 is 2.68 bits per heavy atom. The Morgan fingerprint density at radius 2 is 1.92 bits per heavy atom. The molecule has 0 aliphatic rings. The Kier molecular flexibility index (Phi) is 4.03. The number of benzene rings is 1. The van der Waals surface area contributed by atoms with E-state index in [1.165, 1.54) is 0 Å². The summed E-state index contributed by atoms with van der Waals surface area (Å²) in [5, 5.41) is 13.2. The van der Waals surface area contributed by atoms with Crippen molar-refractivity contribution >= 4 is 22.9 Å². The van der Waals surface area contributed by atoms with E-state index in [-0.39, 0.29) is 11.9 Å². The van der Waals surface area contributed by atoms with Crippen LogP contribution in [0.15, 0.2) is 66.2 Å². The molecule has 4 rings (SSSR count). The van der Waals surface area contributed by atoms with Gasteiger partial charge >= 0.3 is 0 Å². The van der Waals surface area contributed by atoms with Crippen molar-refractivity contribution in [3.63, 3.8) is 0 Å². The van der Waals surface area contributed by atoms with Gasteiger partial charge in [-0.2, -0.15) is 0 Å². The van der Waals surface area contributed by atoms with Crippen molar-refractivity contribution in [2.75, 3.05) is 0 Å². The molecule has 0 aliphatic carbocycles. The van der Waals surface area contributed by atoms with Crippen molar-refractivity contribution < 1.29 is 4.79 Å². The standard InChI is InChI=1S/C19H16N4OS/c1-13-21-22-17-10-9-15(12-23(13)17)19(24)20-18(16-8-5-11-25-16)14-6-3-2-4-7-14/h2-12,18H,1H3,(H,20,24)/t18-/m1/s1. The number of aryl methyl sites for hydroxylation is 1. The number of thiophene rings is 1. The maximum absolute atomic E-state index is 12.8. The molecule has 0 spiro atoms. The van der Waals surface area contributed by atoms with E-state index in [0.717, 1.165) is 21.9 Å². The number of nitrogens with zero attached hydrogens (tertiary/aromatic N) is 3. The van der Waals surface area contributed by atoms with Gasteiger partial charge in [-0.25, -0.2) is 0 Å². The number of hydrogen-bond donors (Lipinski definition) is 1. The first kappa shape index (κ1) is 15.5. The number of carbonyl (C=O) groups is 1. The third-order valence-electron chi connectivity index (χ3n) is 4.07. The number of hydrogen-bond acceptors (Lipinski definition) is 4. The molecule has 0 unspecified atom stereocenters. The zero-order valence-corrected chi connectivity index (χ0v) is 14.4. The Balaban J connectivity index is 1.67. The minimum absolute atomic E-state index is 0.128. The van der Waals surface area contributed by atoms with Gasteiger partial charge in [0.25, 0.3) is 5.91 Å². The molecule has 0 saturated carbocycles. The lowest BCUT2D eigenvalue weighted by Gasteiger charge is -2.18. The molecular weight excluding hydrogens is 332 g/mol. The molecule has 3 heterocycles. The lowest BCUT2D eigenvalue weighted by molar-refractivity contribution is 0.0943. The van der Waals surface area contributed by atoms with Crippen LogP contribution in [0.25, 0.3) is 5.65 Å². The Bertz CT molecular complexity index is 1010. The number of carbonyl (C=O) groups excluding carboxylic acids is 1. The first-order chi connectivity index (χ1) is 12.2. The summed E-state index contributed by atoms with van der Waals surface area (Å²) in [5.41, 5.74) is 2.36. The molecule has 0 radical (unpaired) electrons. The Labute approximate surface area is 149 Å². The van der Waals surface area contributed by atoms with Crippen LogP contribution in [0.5, 0.6) is 0 Å². The normalized spacial score (nSPS) is 12.2. The second-order valence-electron chi connectivity index (χ2n) is 5.73. The molecule has 0 bridgehead atoms. The van der Waals surface area contributed by atoms with Crippen LogP contribution in [0, 0.1) is 6.92 Å². The lowest BCUT2D eigenvalue weighted by atomic mass is 10.0. The highest BCUT2D eigenvalue weighted by Crippen LogP contribution is 2.26. The molecule has 25 heavy (non-hydrogen) atoms. The van der Waals surface area contributed by atoms with E-state index in [1.54, 1.807) is 29.7 Å². The van der Waals surface area contributed by atoms with Crippen LogP contribution in [0.1, 0.15) is 32.7 Å². The fraction of sp³-hybridized carbons (Fsp3) is 0.105. The summed E-state index contributed by atoms with van der Waals surface area (Å²) in [6.07, 6.45) is 1.77. The van der Waals surface area contributed by atoms with Gasteiger partial charge in [0.05, 0.1) is 11.6 Å². The molecule has 3 aromatic heterocycles. The largest absolute Gasteiger partial charge is 0.340 e. The summed E-state index contributed by atoms with van der Waals surface area (Å²) in [4.78, 5) is 13.9. The molecule has 1 amide bonds. The average Bonchev–Trinajstić information content (AvgIpc) is 3.30. The Morgan fingerprint density at radius 1 is 1.08 bits per heavy atom. The number of rotatable bonds is 4. The van der Waals surface area contributed by atoms with Gasteiger partial charge in [0.1, 0.15) is 5.82 Å². The van der Waals surface area contributed by atoms with Crippen molar-refractivity contribution in [2.45, 2.75) is 13.0 Å². The highest BCUT2D eigenvalue weighted by molar-refractivity contribution is 7.10. The van der Waals surface area contributed by atoms with Crippen molar-refractivity contribution in [1.82, 2.24) is 19.9 Å². The van der Waals surface area contributed by atoms with E-state index < -0.39 is 0 Å². The van der Waals surface area contributed by atoms with Crippen LogP contribution < -0.4 is 5.32 Å². The SMILES string of the molecule is Cc1nnc2ccc(C(=O)N[C@H](c3ccccc3)c3cccs3)cn12. The topological polar surface area (TPSA) is 59.3 Å². The third kappa shape index (κ3) is 3.04. The van der Waals surface area contributed by atoms with Gasteiger partial charge in [0.2, 0.25) is 0 Å². The van der Waals surface area contributed by atoms with Crippen molar-refractivity contribution in [2.24, 2.45) is 0 Å². The van der Waals surface area contributed by atoms with E-state index in [0.29, 0.717) is 5.56 Å². The van der Waals surface area contributed by atoms with Gasteiger partial charge in [-0.1, -0.05) is 36.4 Å². The molecule has 0 aliphatic heterocycles. The van der Waals surface area contributed by atoms with Gasteiger partial charge in [-0.15, -0.1) is 21.5 Å². The zero-order valence-electron chi connectivity index (χ0n) is 13.6. The van der Waals surface area contributed by atoms with Crippen LogP contribution in [-0.4, -0.2) is 20.5 Å². The zero-order chi connectivity index (χ0) is 17.2. The van der Waals surface area contributed by atoms with E-state index in [9.17, 15) is 4.79 Å². The molecule has 4 aromatic rings. The fourth-order valence-electron chi connectivity index (χ4n) is 2.77. The monoisotopic (exact) mass is 348 g/mol. The molecule has 0 saturated heterocycles. The predicted octanol–water partition coefficient (Wildman–Crippen LogP) is 3.62. The number of nitrogens with one attached hydrogen (secondary N) is 1. The minimum Gasteiger partial charge on any atom is -0.340 e. The first-order valence-corrected chi connectivity index (χ1v) is 8.81. The van der Waals surface area contributed by atoms with Crippen LogP contribution in [0.3, 0.4) is 0 Å². The van der Waals surface area contributed by atoms with Crippen LogP contribution in [0.2, 0.25) is 0 Å². The summed E-state index contributed by atoms with van der Waals surface area (Å²) in [7, 11) is 0. The van der Waals surface area contributed by atoms with E-state index in [2.05, 4.69) is 15.5 Å². The molecule has 0 fully saturated rings. The second kappa shape index (κ2) is 6.49. The summed E-state index contributed by atoms with van der Waals surface area (Å²) in [6, 6.07) is 17.4. The number of aromatic nitrogens is 3. The third-order valence-corrected chi connectivity index (χ3v) is 5.01. The number of fused-ring (bicyclic) bond motifs is 1. The van der Waals surface area contributed by atoms with Gasteiger partial charge in [-0.3, -0.25) is 9.20 Å². The highest BCUT2D eigenvalue weighted by atomic mass is 32.1. The fourth-order valence-corrected chi connectivity index (χ4v) is 3.58. The summed E-state index contributed by atoms with van der Waals surface area (Å²) < 4.78 is 1.82. The molecule has 6 heteroatoms. The molecule has 124 valence electrons. The van der Waals surface area contributed by atoms with Crippen molar-refractivity contribution in [1.29, 1.82) is 0 Å². The maximum Gasteiger partial charge on any atom is 0.253 e. The quantitative estimate of drug-likeness (QED) is 0.613. The second-order valence-corrected chi connectivity index (χ2v) is 6.71. The van der Waals surface area contributed by atoms with Gasteiger partial charge < -0.3 is 5.32 Å². The number of pyridine rings is 1. The molecule has 1 aromatic carbocycles. The molecule has 1 N–H and O–H groups in total. The minimum atomic E-state index is -0.175. The smallest absolute Gasteiger partial charge is 0.253 e. The maximum atomic E-state index is 12.8. The van der Waals surface area contributed by atoms with E-state index >= 15 is 0 Å². The van der Waals surface area contributed by atoms with Gasteiger partial charge in [0, 0.05) is 11.1 Å². The molecule has 1 atom stereocenters. The summed E-state index contributed by atoms with van der Waals surface area (Å²) in [6.45, 7) is 1.86. The van der Waals surface area contributed by atoms with Crippen LogP contribution >= 0.6 is 11.3 Å². The van der Waals surface area contributed by atoms with Gasteiger partial charge in [0.15, 0.2) is 5.65 Å². The van der Waals surface area contributed by atoms with Crippen LogP contribution in [-0.2, 0) is 0 Å². The number of amides is 1. The van der Waals surface area contributed by atoms with Crippen molar-refractivity contribution in [3.8, 4) is 0 Å². The Hall–Kier alpha value is -2.99. The van der Waals surface area contributed by atoms with Crippen molar-refractivity contribution in [3.05, 3.63) is 88.0 Å². The summed E-state index contributed by atoms with van der Waals surface area (Å²) in [5.74, 6) is 0.625. The van der Waals surface area contributed by atoms with Gasteiger partial charge in [-0.05, 0) is 36.1 Å². The molecular formula is C19H16N4OS. The summed E-state index contributed by atoms with van der Waals surface area (Å²) >= 11 is 1.63. The van der Waals surface area contributed by atoms with E-state index in [4.69, 9.17) is 0 Å².